The van der Waals surface area contributed by atoms with Crippen molar-refractivity contribution in [3.8, 4) is 0 Å². The number of hydrogen-bond donors (Lipinski definition) is 3. The average Bonchev–Trinajstić information content (AvgIpc) is 2.89. The van der Waals surface area contributed by atoms with Gasteiger partial charge in [-0.1, -0.05) is 0 Å². The van der Waals surface area contributed by atoms with E-state index in [1.807, 2.05) is 0 Å². The maximum absolute atomic E-state index is 12.4. The van der Waals surface area contributed by atoms with Crippen LogP contribution in [0.5, 0.6) is 0 Å². The van der Waals surface area contributed by atoms with Crippen molar-refractivity contribution in [2.75, 3.05) is 94.6 Å². The summed E-state index contributed by atoms with van der Waals surface area (Å²) in [6.45, 7) is -2.93. The zero-order chi connectivity index (χ0) is 31.9. The topological polar surface area (TPSA) is 223 Å². The lowest BCUT2D eigenvalue weighted by Gasteiger charge is -2.24. The largest absolute Gasteiger partial charge is 0.368 e. The van der Waals surface area contributed by atoms with Crippen molar-refractivity contribution in [1.29, 1.82) is 0 Å². The number of nitrogens with zero attached hydrogens (tertiary/aromatic N) is 6. The molecule has 0 radical (unpaired) electrons. The summed E-state index contributed by atoms with van der Waals surface area (Å²) in [5, 5.41) is 4.57. The molecule has 0 unspecified atom stereocenters. The molecule has 0 rings (SSSR count). The van der Waals surface area contributed by atoms with Crippen molar-refractivity contribution < 1.29 is 43.2 Å². The molecule has 0 aromatic heterocycles. The maximum atomic E-state index is 12.4. The van der Waals surface area contributed by atoms with Gasteiger partial charge in [0.05, 0.1) is 52.4 Å². The molecule has 230 valence electrons. The van der Waals surface area contributed by atoms with Gasteiger partial charge in [-0.25, -0.2) is 0 Å². The molecule has 0 aliphatic rings. The lowest BCUT2D eigenvalue weighted by Crippen LogP contribution is -2.48. The number of nitrogens with two attached hydrogens (primary N) is 1. The molecule has 0 aliphatic carbocycles. The molecule has 0 spiro atoms. The van der Waals surface area contributed by atoms with Crippen molar-refractivity contribution in [3.63, 3.8) is 0 Å². The highest BCUT2D eigenvalue weighted by molar-refractivity contribution is 5.92. The smallest absolute Gasteiger partial charge is 0.242 e. The summed E-state index contributed by atoms with van der Waals surface area (Å²) in [5.41, 5.74) is 4.93. The Morgan fingerprint density at radius 2 is 0.829 bits per heavy atom. The first kappa shape index (κ1) is 36.2. The molecular formula is C23H39N9O9. The van der Waals surface area contributed by atoms with E-state index < -0.39 is 66.9 Å². The van der Waals surface area contributed by atoms with E-state index in [0.717, 1.165) is 29.4 Å². The second-order valence-electron chi connectivity index (χ2n) is 9.29. The van der Waals surface area contributed by atoms with Gasteiger partial charge in [-0.2, -0.15) is 0 Å². The molecule has 0 aromatic carbocycles. The Balaban J connectivity index is 4.57. The van der Waals surface area contributed by atoms with Gasteiger partial charge >= 0.3 is 0 Å². The molecule has 0 fully saturated rings. The molecule has 41 heavy (non-hydrogen) atoms. The number of nitrogens with one attached hydrogen (secondary N) is 2. The Labute approximate surface area is 237 Å². The van der Waals surface area contributed by atoms with Gasteiger partial charge in [-0.3, -0.25) is 43.2 Å². The van der Waals surface area contributed by atoms with Crippen LogP contribution in [0.25, 0.3) is 0 Å². The quantitative estimate of drug-likeness (QED) is 0.138. The minimum absolute atomic E-state index is 0.211. The Hall–Kier alpha value is -4.77. The van der Waals surface area contributed by atoms with Gasteiger partial charge in [0.15, 0.2) is 0 Å². The van der Waals surface area contributed by atoms with Crippen LogP contribution in [0.2, 0.25) is 0 Å². The highest BCUT2D eigenvalue weighted by Gasteiger charge is 2.22. The minimum Gasteiger partial charge on any atom is -0.368 e. The maximum Gasteiger partial charge on any atom is 0.242 e. The first-order valence-corrected chi connectivity index (χ1v) is 12.1. The van der Waals surface area contributed by atoms with Crippen molar-refractivity contribution in [1.82, 2.24) is 40.0 Å². The fourth-order valence-corrected chi connectivity index (χ4v) is 2.82. The van der Waals surface area contributed by atoms with Gasteiger partial charge in [0.1, 0.15) is 0 Å². The summed E-state index contributed by atoms with van der Waals surface area (Å²) >= 11 is 0. The molecule has 4 N–H and O–H groups in total. The number of carbonyl (C=O) groups excluding carboxylic acids is 9. The predicted molar refractivity (Wildman–Crippen MR) is 142 cm³/mol. The van der Waals surface area contributed by atoms with Crippen molar-refractivity contribution in [2.24, 2.45) is 5.73 Å². The van der Waals surface area contributed by atoms with Crippen LogP contribution in [0.15, 0.2) is 0 Å². The van der Waals surface area contributed by atoms with Gasteiger partial charge in [0, 0.05) is 42.3 Å². The predicted octanol–water partition coefficient (Wildman–Crippen LogP) is -5.92. The normalized spacial score (nSPS) is 10.0. The Kier molecular flexibility index (Phi) is 15.7. The van der Waals surface area contributed by atoms with Crippen LogP contribution in [0, 0.1) is 0 Å². The number of likely N-dealkylation sites (N-methyl/N-ethyl adjacent to an activating group) is 6. The molecule has 0 saturated heterocycles. The molecule has 0 bridgehead atoms. The van der Waals surface area contributed by atoms with Crippen LogP contribution in [0.3, 0.4) is 0 Å². The van der Waals surface area contributed by atoms with Crippen LogP contribution < -0.4 is 16.4 Å². The van der Waals surface area contributed by atoms with Gasteiger partial charge in [-0.15, -0.1) is 0 Å². The number of carbonyl (C=O) groups is 9. The second-order valence-corrected chi connectivity index (χ2v) is 9.29. The van der Waals surface area contributed by atoms with E-state index in [4.69, 9.17) is 5.73 Å². The Morgan fingerprint density at radius 1 is 0.512 bits per heavy atom. The number of primary amides is 1. The molecule has 9 amide bonds. The first-order valence-electron chi connectivity index (χ1n) is 12.1. The number of hydrogen-bond acceptors (Lipinski definition) is 9. The van der Waals surface area contributed by atoms with Gasteiger partial charge in [0.25, 0.3) is 0 Å². The molecule has 0 atom stereocenters. The van der Waals surface area contributed by atoms with Crippen molar-refractivity contribution >= 4 is 53.7 Å². The van der Waals surface area contributed by atoms with Crippen molar-refractivity contribution in [2.45, 2.75) is 0 Å². The Morgan fingerprint density at radius 3 is 1.20 bits per heavy atom. The fraction of sp³-hybridized carbons (Fsp3) is 0.609. The molecule has 0 aromatic rings. The zero-order valence-electron chi connectivity index (χ0n) is 24.2. The van der Waals surface area contributed by atoms with E-state index in [1.165, 1.54) is 42.3 Å². The summed E-state index contributed by atoms with van der Waals surface area (Å²) < 4.78 is 0. The molecule has 18 heteroatoms. The van der Waals surface area contributed by atoms with Gasteiger partial charge in [0.2, 0.25) is 53.7 Å². The first-order chi connectivity index (χ1) is 19.0. The summed E-state index contributed by atoms with van der Waals surface area (Å²) in [5.74, 6) is -4.81. The van der Waals surface area contributed by atoms with E-state index in [9.17, 15) is 43.2 Å². The van der Waals surface area contributed by atoms with E-state index >= 15 is 0 Å². The van der Waals surface area contributed by atoms with Gasteiger partial charge in [-0.05, 0) is 0 Å². The summed E-state index contributed by atoms with van der Waals surface area (Å²) in [4.78, 5) is 113. The van der Waals surface area contributed by atoms with Crippen LogP contribution in [0.1, 0.15) is 0 Å². The molecule has 0 heterocycles. The van der Waals surface area contributed by atoms with Gasteiger partial charge < -0.3 is 45.8 Å². The van der Waals surface area contributed by atoms with Crippen LogP contribution in [-0.2, 0) is 43.2 Å². The average molecular weight is 586 g/mol. The molecule has 0 saturated carbocycles. The summed E-state index contributed by atoms with van der Waals surface area (Å²) in [6, 6.07) is 0. The monoisotopic (exact) mass is 585 g/mol. The van der Waals surface area contributed by atoms with E-state index in [0.29, 0.717) is 6.41 Å². The number of rotatable bonds is 17. The van der Waals surface area contributed by atoms with Crippen LogP contribution >= 0.6 is 0 Å². The summed E-state index contributed by atoms with van der Waals surface area (Å²) in [7, 11) is 8.11. The molecular weight excluding hydrogens is 546 g/mol. The fourth-order valence-electron chi connectivity index (χ4n) is 2.82. The summed E-state index contributed by atoms with van der Waals surface area (Å²) in [6.07, 6.45) is 0.472. The van der Waals surface area contributed by atoms with E-state index in [2.05, 4.69) is 10.6 Å². The Bertz CT molecular complexity index is 1020. The number of amides is 9. The minimum atomic E-state index is -0.742. The standard InChI is InChI=1S/C23H39N9O9/c1-27(15-33)11-20(38)31(5)13-21(39)29(3)10-18(36)26-8-19(37)30(4)12-23(41)32(6)14-22(40)28(2)9-17(35)25-7-16(24)34/h15H,7-14H2,1-6H3,(H2,24,34)(H,25,35)(H,26,36). The third kappa shape index (κ3) is 14.8. The van der Waals surface area contributed by atoms with Crippen molar-refractivity contribution in [3.05, 3.63) is 0 Å². The molecule has 18 nitrogen and oxygen atoms in total. The highest BCUT2D eigenvalue weighted by atomic mass is 16.2. The zero-order valence-corrected chi connectivity index (χ0v) is 24.2. The molecule has 0 aliphatic heterocycles. The lowest BCUT2D eigenvalue weighted by atomic mass is 10.3. The van der Waals surface area contributed by atoms with E-state index in [-0.39, 0.29) is 32.7 Å². The van der Waals surface area contributed by atoms with E-state index in [1.54, 1.807) is 0 Å². The third-order valence-electron chi connectivity index (χ3n) is 5.47. The highest BCUT2D eigenvalue weighted by Crippen LogP contribution is 1.95. The second kappa shape index (κ2) is 17.7. The lowest BCUT2D eigenvalue weighted by molar-refractivity contribution is -0.143. The third-order valence-corrected chi connectivity index (χ3v) is 5.47. The van der Waals surface area contributed by atoms with Crippen LogP contribution in [-0.4, -0.2) is 178 Å². The van der Waals surface area contributed by atoms with Crippen LogP contribution in [0.4, 0.5) is 0 Å². The SMILES string of the molecule is CN(C=O)CC(=O)N(C)CC(=O)N(C)CC(=O)NCC(=O)N(C)CC(=O)N(C)CC(=O)N(C)CC(=O)NCC(N)=O.